The first-order valence-corrected chi connectivity index (χ1v) is 6.33. The van der Waals surface area contributed by atoms with Crippen LogP contribution in [0.1, 0.15) is 11.1 Å². The van der Waals surface area contributed by atoms with Crippen LogP contribution in [-0.2, 0) is 6.54 Å². The quantitative estimate of drug-likeness (QED) is 0.724. The maximum Gasteiger partial charge on any atom is 0.178 e. The molecule has 0 aliphatic carbocycles. The van der Waals surface area contributed by atoms with Crippen LogP contribution in [0.25, 0.3) is 11.0 Å². The second-order valence-corrected chi connectivity index (χ2v) is 4.88. The lowest BCUT2D eigenvalue weighted by atomic mass is 10.2. The highest BCUT2D eigenvalue weighted by molar-refractivity contribution is 7.71. The number of aromatic nitrogens is 3. The van der Waals surface area contributed by atoms with Gasteiger partial charge in [0.1, 0.15) is 5.82 Å². The molecular formula is C14H12FN3S. The van der Waals surface area contributed by atoms with E-state index in [9.17, 15) is 4.39 Å². The second-order valence-electron chi connectivity index (χ2n) is 4.50. The topological polar surface area (TPSA) is 33.6 Å². The summed E-state index contributed by atoms with van der Waals surface area (Å²) in [6, 6.07) is 7.18. The van der Waals surface area contributed by atoms with Crippen molar-refractivity contribution in [3.63, 3.8) is 0 Å². The van der Waals surface area contributed by atoms with Crippen LogP contribution >= 0.6 is 12.2 Å². The molecule has 0 bridgehead atoms. The molecule has 0 aliphatic rings. The van der Waals surface area contributed by atoms with Crippen LogP contribution in [-0.4, -0.2) is 14.5 Å². The van der Waals surface area contributed by atoms with Crippen LogP contribution in [0.2, 0.25) is 0 Å². The summed E-state index contributed by atoms with van der Waals surface area (Å²) in [5, 5.41) is 0. The highest BCUT2D eigenvalue weighted by atomic mass is 32.1. The third-order valence-corrected chi connectivity index (χ3v) is 3.44. The SMILES string of the molecule is Cc1cc2c(cc1F)[nH]c(=S)n2Cc1cccnc1. The summed E-state index contributed by atoms with van der Waals surface area (Å²) in [7, 11) is 0. The zero-order valence-electron chi connectivity index (χ0n) is 10.4. The summed E-state index contributed by atoms with van der Waals surface area (Å²) in [4.78, 5) is 7.12. The van der Waals surface area contributed by atoms with Gasteiger partial charge in [0.25, 0.3) is 0 Å². The van der Waals surface area contributed by atoms with E-state index in [2.05, 4.69) is 9.97 Å². The van der Waals surface area contributed by atoms with Gasteiger partial charge in [0.05, 0.1) is 17.6 Å². The summed E-state index contributed by atoms with van der Waals surface area (Å²) < 4.78 is 16.1. The fraction of sp³-hybridized carbons (Fsp3) is 0.143. The zero-order valence-corrected chi connectivity index (χ0v) is 11.2. The zero-order chi connectivity index (χ0) is 13.4. The average Bonchev–Trinajstić information content (AvgIpc) is 2.68. The first-order chi connectivity index (χ1) is 9.15. The molecule has 19 heavy (non-hydrogen) atoms. The molecule has 0 saturated heterocycles. The summed E-state index contributed by atoms with van der Waals surface area (Å²) in [6.45, 7) is 2.37. The fourth-order valence-corrected chi connectivity index (χ4v) is 2.39. The molecule has 3 nitrogen and oxygen atoms in total. The van der Waals surface area contributed by atoms with Crippen molar-refractivity contribution in [2.75, 3.05) is 0 Å². The Labute approximate surface area is 114 Å². The minimum Gasteiger partial charge on any atom is -0.330 e. The van der Waals surface area contributed by atoms with Gasteiger partial charge in [0.15, 0.2) is 4.77 Å². The number of aryl methyl sites for hydroxylation is 1. The molecule has 0 spiro atoms. The molecular weight excluding hydrogens is 261 g/mol. The molecule has 0 amide bonds. The van der Waals surface area contributed by atoms with E-state index in [1.807, 2.05) is 22.8 Å². The number of rotatable bonds is 2. The third kappa shape index (κ3) is 2.17. The van der Waals surface area contributed by atoms with E-state index >= 15 is 0 Å². The number of benzene rings is 1. The van der Waals surface area contributed by atoms with E-state index in [0.717, 1.165) is 16.6 Å². The van der Waals surface area contributed by atoms with Gasteiger partial charge < -0.3 is 9.55 Å². The Morgan fingerprint density at radius 3 is 3.00 bits per heavy atom. The highest BCUT2D eigenvalue weighted by Crippen LogP contribution is 2.19. The van der Waals surface area contributed by atoms with Crippen molar-refractivity contribution >= 4 is 23.3 Å². The van der Waals surface area contributed by atoms with Crippen molar-refractivity contribution in [1.29, 1.82) is 0 Å². The standard InChI is InChI=1S/C14H12FN3S/c1-9-5-13-12(6-11(9)15)17-14(19)18(13)8-10-3-2-4-16-7-10/h2-7H,8H2,1H3,(H,17,19). The van der Waals surface area contributed by atoms with Gasteiger partial charge in [-0.25, -0.2) is 4.39 Å². The lowest BCUT2D eigenvalue weighted by molar-refractivity contribution is 0.620. The predicted molar refractivity (Wildman–Crippen MR) is 75.2 cm³/mol. The molecule has 2 aromatic heterocycles. The Morgan fingerprint density at radius 2 is 2.26 bits per heavy atom. The van der Waals surface area contributed by atoms with E-state index < -0.39 is 0 Å². The number of nitrogens with one attached hydrogen (secondary N) is 1. The molecule has 0 fully saturated rings. The Kier molecular flexibility index (Phi) is 2.91. The van der Waals surface area contributed by atoms with Crippen molar-refractivity contribution in [3.8, 4) is 0 Å². The third-order valence-electron chi connectivity index (χ3n) is 3.12. The minimum absolute atomic E-state index is 0.225. The maximum absolute atomic E-state index is 13.5. The Balaban J connectivity index is 2.16. The number of pyridine rings is 1. The molecule has 3 aromatic rings. The van der Waals surface area contributed by atoms with Crippen molar-refractivity contribution in [2.45, 2.75) is 13.5 Å². The summed E-state index contributed by atoms with van der Waals surface area (Å²) in [5.41, 5.74) is 3.30. The number of hydrogen-bond acceptors (Lipinski definition) is 2. The van der Waals surface area contributed by atoms with Gasteiger partial charge in [-0.2, -0.15) is 0 Å². The van der Waals surface area contributed by atoms with E-state index in [-0.39, 0.29) is 5.82 Å². The summed E-state index contributed by atoms with van der Waals surface area (Å²) in [6.07, 6.45) is 3.54. The lowest BCUT2D eigenvalue weighted by Gasteiger charge is -2.05. The second kappa shape index (κ2) is 4.59. The minimum atomic E-state index is -0.225. The smallest absolute Gasteiger partial charge is 0.178 e. The van der Waals surface area contributed by atoms with E-state index in [1.54, 1.807) is 19.3 Å². The van der Waals surface area contributed by atoms with Gasteiger partial charge in [-0.1, -0.05) is 6.07 Å². The van der Waals surface area contributed by atoms with Crippen molar-refractivity contribution in [2.24, 2.45) is 0 Å². The number of imidazole rings is 1. The largest absolute Gasteiger partial charge is 0.330 e. The first kappa shape index (κ1) is 12.0. The Morgan fingerprint density at radius 1 is 1.42 bits per heavy atom. The van der Waals surface area contributed by atoms with Crippen LogP contribution in [0.15, 0.2) is 36.7 Å². The van der Waals surface area contributed by atoms with Crippen molar-refractivity contribution in [3.05, 3.63) is 58.4 Å². The molecule has 3 rings (SSSR count). The summed E-state index contributed by atoms with van der Waals surface area (Å²) >= 11 is 5.30. The van der Waals surface area contributed by atoms with Gasteiger partial charge in [-0.05, 0) is 48.5 Å². The molecule has 1 aromatic carbocycles. The number of H-pyrrole nitrogens is 1. The number of aromatic amines is 1. The van der Waals surface area contributed by atoms with Crippen LogP contribution in [0.3, 0.4) is 0 Å². The van der Waals surface area contributed by atoms with Crippen LogP contribution in [0, 0.1) is 17.5 Å². The number of hydrogen-bond donors (Lipinski definition) is 1. The molecule has 0 atom stereocenters. The fourth-order valence-electron chi connectivity index (χ4n) is 2.11. The number of fused-ring (bicyclic) bond motifs is 1. The van der Waals surface area contributed by atoms with E-state index in [1.165, 1.54) is 6.07 Å². The van der Waals surface area contributed by atoms with Crippen molar-refractivity contribution < 1.29 is 4.39 Å². The van der Waals surface area contributed by atoms with Crippen LogP contribution in [0.5, 0.6) is 0 Å². The maximum atomic E-state index is 13.5. The van der Waals surface area contributed by atoms with Crippen molar-refractivity contribution in [1.82, 2.24) is 14.5 Å². The van der Waals surface area contributed by atoms with Gasteiger partial charge in [-0.3, -0.25) is 4.98 Å². The molecule has 96 valence electrons. The number of nitrogens with zero attached hydrogens (tertiary/aromatic N) is 2. The van der Waals surface area contributed by atoms with E-state index in [0.29, 0.717) is 16.9 Å². The van der Waals surface area contributed by atoms with Crippen LogP contribution < -0.4 is 0 Å². The van der Waals surface area contributed by atoms with Gasteiger partial charge in [0.2, 0.25) is 0 Å². The predicted octanol–water partition coefficient (Wildman–Crippen LogP) is 3.59. The Hall–Kier alpha value is -2.01. The Bertz CT molecular complexity index is 790. The molecule has 2 heterocycles. The monoisotopic (exact) mass is 273 g/mol. The lowest BCUT2D eigenvalue weighted by Crippen LogP contribution is -2.00. The van der Waals surface area contributed by atoms with Crippen LogP contribution in [0.4, 0.5) is 4.39 Å². The van der Waals surface area contributed by atoms with Gasteiger partial charge >= 0.3 is 0 Å². The molecule has 1 N–H and O–H groups in total. The first-order valence-electron chi connectivity index (χ1n) is 5.93. The molecule has 0 unspecified atom stereocenters. The highest BCUT2D eigenvalue weighted by Gasteiger charge is 2.08. The average molecular weight is 273 g/mol. The van der Waals surface area contributed by atoms with Gasteiger partial charge in [-0.15, -0.1) is 0 Å². The van der Waals surface area contributed by atoms with E-state index in [4.69, 9.17) is 12.2 Å². The normalized spacial score (nSPS) is 11.1. The summed E-state index contributed by atoms with van der Waals surface area (Å²) in [5.74, 6) is -0.225. The molecule has 5 heteroatoms. The van der Waals surface area contributed by atoms with Gasteiger partial charge in [0, 0.05) is 12.4 Å². The molecule has 0 radical (unpaired) electrons. The molecule has 0 aliphatic heterocycles. The number of halogens is 1. The molecule has 0 saturated carbocycles.